The van der Waals surface area contributed by atoms with Crippen LogP contribution in [0.5, 0.6) is 0 Å². The molecule has 7 nitrogen and oxygen atoms in total. The first kappa shape index (κ1) is 17.1. The molecule has 0 aliphatic rings. The number of carbonyl (C=O) groups is 2. The molecule has 9 heteroatoms. The van der Waals surface area contributed by atoms with Gasteiger partial charge in [-0.25, -0.2) is 22.3 Å². The van der Waals surface area contributed by atoms with Gasteiger partial charge in [-0.1, -0.05) is 0 Å². The molecule has 4 N–H and O–H groups in total. The van der Waals surface area contributed by atoms with Crippen LogP contribution in [0, 0.1) is 12.7 Å². The van der Waals surface area contributed by atoms with Crippen molar-refractivity contribution >= 4 is 21.9 Å². The maximum atomic E-state index is 13.6. The van der Waals surface area contributed by atoms with Crippen LogP contribution < -0.4 is 10.5 Å². The summed E-state index contributed by atoms with van der Waals surface area (Å²) < 4.78 is 40.1. The highest BCUT2D eigenvalue weighted by molar-refractivity contribution is 7.89. The molecule has 0 spiro atoms. The Morgan fingerprint density at radius 1 is 1.43 bits per heavy atom. The number of carbonyl (C=O) groups excluding carboxylic acids is 1. The maximum Gasteiger partial charge on any atom is 0.335 e. The van der Waals surface area contributed by atoms with Crippen molar-refractivity contribution in [1.29, 1.82) is 0 Å². The predicted molar refractivity (Wildman–Crippen MR) is 71.7 cm³/mol. The minimum Gasteiger partial charge on any atom is -0.478 e. The Hall–Kier alpha value is -2.00. The van der Waals surface area contributed by atoms with Crippen LogP contribution in [0.15, 0.2) is 17.0 Å². The molecule has 116 valence electrons. The number of nitrogens with one attached hydrogen (secondary N) is 1. The first-order valence-corrected chi connectivity index (χ1v) is 7.37. The van der Waals surface area contributed by atoms with Crippen LogP contribution in [0.1, 0.15) is 29.3 Å². The molecular formula is C12H15FN2O5S. The number of hydrogen-bond donors (Lipinski definition) is 3. The van der Waals surface area contributed by atoms with Gasteiger partial charge in [0, 0.05) is 18.0 Å². The molecule has 0 saturated heterocycles. The molecule has 1 aromatic rings. The van der Waals surface area contributed by atoms with E-state index in [4.69, 9.17) is 10.8 Å². The maximum absolute atomic E-state index is 13.6. The Balaban J connectivity index is 3.25. The van der Waals surface area contributed by atoms with E-state index in [1.807, 2.05) is 0 Å². The molecule has 0 fully saturated rings. The molecule has 0 heterocycles. The van der Waals surface area contributed by atoms with Gasteiger partial charge in [-0.15, -0.1) is 0 Å². The molecule has 1 amide bonds. The third-order valence-electron chi connectivity index (χ3n) is 2.70. The van der Waals surface area contributed by atoms with Gasteiger partial charge in [-0.05, 0) is 26.0 Å². The Morgan fingerprint density at radius 3 is 2.48 bits per heavy atom. The van der Waals surface area contributed by atoms with Crippen LogP contribution in [-0.2, 0) is 14.8 Å². The average Bonchev–Trinajstić information content (AvgIpc) is 2.29. The minimum absolute atomic E-state index is 0.209. The number of hydrogen-bond acceptors (Lipinski definition) is 4. The Bertz CT molecular complexity index is 687. The van der Waals surface area contributed by atoms with Gasteiger partial charge < -0.3 is 10.8 Å². The number of carboxylic acid groups (broad SMARTS) is 1. The smallest absolute Gasteiger partial charge is 0.335 e. The molecule has 0 aromatic heterocycles. The molecule has 1 atom stereocenters. The molecule has 1 unspecified atom stereocenters. The van der Waals surface area contributed by atoms with E-state index in [2.05, 4.69) is 4.72 Å². The number of amides is 1. The average molecular weight is 318 g/mol. The Morgan fingerprint density at radius 2 is 2.00 bits per heavy atom. The van der Waals surface area contributed by atoms with Crippen LogP contribution in [0.2, 0.25) is 0 Å². The second-order valence-electron chi connectivity index (χ2n) is 4.58. The van der Waals surface area contributed by atoms with E-state index in [1.54, 1.807) is 0 Å². The van der Waals surface area contributed by atoms with Crippen molar-refractivity contribution in [2.75, 3.05) is 0 Å². The normalized spacial score (nSPS) is 12.9. The van der Waals surface area contributed by atoms with E-state index in [0.29, 0.717) is 0 Å². The summed E-state index contributed by atoms with van der Waals surface area (Å²) in [4.78, 5) is 21.1. The van der Waals surface area contributed by atoms with Crippen molar-refractivity contribution < 1.29 is 27.5 Å². The van der Waals surface area contributed by atoms with E-state index in [0.717, 1.165) is 12.1 Å². The van der Waals surface area contributed by atoms with Gasteiger partial charge >= 0.3 is 5.97 Å². The molecule has 21 heavy (non-hydrogen) atoms. The van der Waals surface area contributed by atoms with Crippen molar-refractivity contribution in [1.82, 2.24) is 4.72 Å². The van der Waals surface area contributed by atoms with Gasteiger partial charge in [0.05, 0.1) is 10.5 Å². The highest BCUT2D eigenvalue weighted by Crippen LogP contribution is 2.21. The lowest BCUT2D eigenvalue weighted by Crippen LogP contribution is -2.36. The van der Waals surface area contributed by atoms with Gasteiger partial charge in [0.15, 0.2) is 0 Å². The quantitative estimate of drug-likeness (QED) is 0.698. The van der Waals surface area contributed by atoms with E-state index >= 15 is 0 Å². The number of halogens is 1. The molecule has 0 aliphatic heterocycles. The van der Waals surface area contributed by atoms with E-state index in [9.17, 15) is 22.4 Å². The van der Waals surface area contributed by atoms with Gasteiger partial charge in [0.2, 0.25) is 15.9 Å². The lowest BCUT2D eigenvalue weighted by Gasteiger charge is -2.15. The summed E-state index contributed by atoms with van der Waals surface area (Å²) >= 11 is 0. The summed E-state index contributed by atoms with van der Waals surface area (Å²) in [5.41, 5.74) is 4.26. The predicted octanol–water partition coefficient (Wildman–Crippen LogP) is 0.375. The second-order valence-corrected chi connectivity index (χ2v) is 6.26. The third kappa shape index (κ3) is 4.23. The summed E-state index contributed by atoms with van der Waals surface area (Å²) in [6.45, 7) is 2.63. The number of sulfonamides is 1. The van der Waals surface area contributed by atoms with Crippen LogP contribution in [-0.4, -0.2) is 31.4 Å². The largest absolute Gasteiger partial charge is 0.478 e. The lowest BCUT2D eigenvalue weighted by molar-refractivity contribution is -0.118. The van der Waals surface area contributed by atoms with E-state index in [-0.39, 0.29) is 12.0 Å². The zero-order valence-electron chi connectivity index (χ0n) is 11.4. The van der Waals surface area contributed by atoms with Crippen LogP contribution >= 0.6 is 0 Å². The summed E-state index contributed by atoms with van der Waals surface area (Å²) in [5, 5.41) is 8.85. The summed E-state index contributed by atoms with van der Waals surface area (Å²) in [5.74, 6) is -3.10. The molecule has 0 bridgehead atoms. The molecular weight excluding hydrogens is 303 g/mol. The molecule has 1 rings (SSSR count). The Labute approximate surface area is 121 Å². The van der Waals surface area contributed by atoms with E-state index < -0.39 is 44.2 Å². The monoisotopic (exact) mass is 318 g/mol. The molecule has 0 radical (unpaired) electrons. The van der Waals surface area contributed by atoms with Crippen LogP contribution in [0.4, 0.5) is 4.39 Å². The topological polar surface area (TPSA) is 127 Å². The summed E-state index contributed by atoms with van der Waals surface area (Å²) in [7, 11) is -4.18. The zero-order chi connectivity index (χ0) is 16.4. The molecule has 0 saturated carbocycles. The first-order valence-electron chi connectivity index (χ1n) is 5.88. The van der Waals surface area contributed by atoms with Crippen molar-refractivity contribution in [2.45, 2.75) is 31.2 Å². The van der Waals surface area contributed by atoms with Crippen LogP contribution in [0.25, 0.3) is 0 Å². The number of carboxylic acids is 1. The standard InChI is InChI=1S/C12H15FN2O5S/c1-6(3-11(14)16)15-21(19,20)10-5-8(12(17)18)4-9(13)7(10)2/h4-6,15H,3H2,1-2H3,(H2,14,16)(H,17,18). The number of primary amides is 1. The fraction of sp³-hybridized carbons (Fsp3) is 0.333. The van der Waals surface area contributed by atoms with Gasteiger partial charge in [0.25, 0.3) is 0 Å². The fourth-order valence-electron chi connectivity index (χ4n) is 1.73. The lowest BCUT2D eigenvalue weighted by atomic mass is 10.1. The molecule has 1 aromatic carbocycles. The van der Waals surface area contributed by atoms with Crippen molar-refractivity contribution in [3.05, 3.63) is 29.1 Å². The zero-order valence-corrected chi connectivity index (χ0v) is 12.2. The van der Waals surface area contributed by atoms with Crippen molar-refractivity contribution in [3.8, 4) is 0 Å². The molecule has 0 aliphatic carbocycles. The van der Waals surface area contributed by atoms with Gasteiger partial charge in [0.1, 0.15) is 5.82 Å². The minimum atomic E-state index is -4.18. The SMILES string of the molecule is Cc1c(F)cc(C(=O)O)cc1S(=O)(=O)NC(C)CC(N)=O. The van der Waals surface area contributed by atoms with Gasteiger partial charge in [-0.3, -0.25) is 4.79 Å². The summed E-state index contributed by atoms with van der Waals surface area (Å²) in [6.07, 6.45) is -0.237. The van der Waals surface area contributed by atoms with E-state index in [1.165, 1.54) is 13.8 Å². The Kier molecular flexibility index (Phi) is 5.02. The van der Waals surface area contributed by atoms with Crippen LogP contribution in [0.3, 0.4) is 0 Å². The highest BCUT2D eigenvalue weighted by atomic mass is 32.2. The number of aromatic carboxylic acids is 1. The third-order valence-corrected chi connectivity index (χ3v) is 4.41. The first-order chi connectivity index (χ1) is 9.54. The fourth-order valence-corrected chi connectivity index (χ4v) is 3.25. The van der Waals surface area contributed by atoms with Crippen molar-refractivity contribution in [3.63, 3.8) is 0 Å². The highest BCUT2D eigenvalue weighted by Gasteiger charge is 2.24. The van der Waals surface area contributed by atoms with Gasteiger partial charge in [-0.2, -0.15) is 0 Å². The number of rotatable bonds is 6. The van der Waals surface area contributed by atoms with Crippen molar-refractivity contribution in [2.24, 2.45) is 5.73 Å². The number of benzene rings is 1. The summed E-state index contributed by atoms with van der Waals surface area (Å²) in [6, 6.07) is 0.798. The number of nitrogens with two attached hydrogens (primary N) is 1. The second kappa shape index (κ2) is 6.19.